The minimum Gasteiger partial charge on any atom is -0.352 e. The molecule has 25 heavy (non-hydrogen) atoms. The molecule has 0 aliphatic heterocycles. The van der Waals surface area contributed by atoms with E-state index in [4.69, 9.17) is 17.4 Å². The zero-order chi connectivity index (χ0) is 17.8. The number of carbonyl (C=O) groups is 1. The zero-order valence-corrected chi connectivity index (χ0v) is 15.7. The molecular formula is C17H22ClN5OS. The SMILES string of the molecule is C[C@@H](Sc1nnc(-c2ccccc2Cl)n1N)C(=O)NC1CCCCC1. The Labute approximate surface area is 156 Å². The Bertz CT molecular complexity index is 744. The fraction of sp³-hybridized carbons (Fsp3) is 0.471. The van der Waals surface area contributed by atoms with Gasteiger partial charge >= 0.3 is 0 Å². The predicted octanol–water partition coefficient (Wildman–Crippen LogP) is 3.24. The molecule has 1 atom stereocenters. The molecule has 1 heterocycles. The van der Waals surface area contributed by atoms with Crippen LogP contribution < -0.4 is 11.2 Å². The number of hydrogen-bond donors (Lipinski definition) is 2. The van der Waals surface area contributed by atoms with Crippen molar-refractivity contribution in [2.45, 2.75) is 55.5 Å². The number of benzene rings is 1. The molecule has 1 saturated carbocycles. The van der Waals surface area contributed by atoms with Crippen molar-refractivity contribution in [3.63, 3.8) is 0 Å². The van der Waals surface area contributed by atoms with Gasteiger partial charge in [-0.15, -0.1) is 10.2 Å². The summed E-state index contributed by atoms with van der Waals surface area (Å²) in [6.07, 6.45) is 5.76. The van der Waals surface area contributed by atoms with Crippen LogP contribution in [0.15, 0.2) is 29.4 Å². The lowest BCUT2D eigenvalue weighted by atomic mass is 9.95. The maximum atomic E-state index is 12.4. The summed E-state index contributed by atoms with van der Waals surface area (Å²) in [5.41, 5.74) is 0.713. The van der Waals surface area contributed by atoms with Gasteiger partial charge in [-0.05, 0) is 31.9 Å². The van der Waals surface area contributed by atoms with Crippen molar-refractivity contribution in [2.24, 2.45) is 0 Å². The molecule has 8 heteroatoms. The Morgan fingerprint density at radius 3 is 2.76 bits per heavy atom. The summed E-state index contributed by atoms with van der Waals surface area (Å²) in [4.78, 5) is 12.4. The van der Waals surface area contributed by atoms with Crippen LogP contribution in [0.2, 0.25) is 5.02 Å². The fourth-order valence-corrected chi connectivity index (χ4v) is 3.96. The molecule has 0 unspecified atom stereocenters. The summed E-state index contributed by atoms with van der Waals surface area (Å²) < 4.78 is 1.39. The molecule has 0 saturated heterocycles. The van der Waals surface area contributed by atoms with E-state index >= 15 is 0 Å². The van der Waals surface area contributed by atoms with Gasteiger partial charge in [0, 0.05) is 11.6 Å². The molecule has 1 fully saturated rings. The van der Waals surface area contributed by atoms with E-state index in [0.29, 0.717) is 27.6 Å². The molecule has 6 nitrogen and oxygen atoms in total. The monoisotopic (exact) mass is 379 g/mol. The highest BCUT2D eigenvalue weighted by Crippen LogP contribution is 2.29. The van der Waals surface area contributed by atoms with Crippen molar-refractivity contribution in [3.8, 4) is 11.4 Å². The molecule has 3 N–H and O–H groups in total. The smallest absolute Gasteiger partial charge is 0.233 e. The van der Waals surface area contributed by atoms with Crippen LogP contribution in [0.1, 0.15) is 39.0 Å². The number of thioether (sulfide) groups is 1. The van der Waals surface area contributed by atoms with Crippen LogP contribution in [0, 0.1) is 0 Å². The van der Waals surface area contributed by atoms with Crippen molar-refractivity contribution in [2.75, 3.05) is 5.84 Å². The standard InChI is InChI=1S/C17H22ClN5OS/c1-11(16(24)20-12-7-3-2-4-8-12)25-17-22-21-15(23(17)19)13-9-5-6-10-14(13)18/h5-6,9-12H,2-4,7-8,19H2,1H3,(H,20,24)/t11-/m1/s1. The minimum atomic E-state index is -0.299. The molecule has 1 aromatic carbocycles. The van der Waals surface area contributed by atoms with Gasteiger partial charge in [0.15, 0.2) is 5.82 Å². The molecule has 1 aliphatic carbocycles. The number of amides is 1. The van der Waals surface area contributed by atoms with Crippen LogP contribution >= 0.6 is 23.4 Å². The molecule has 0 spiro atoms. The van der Waals surface area contributed by atoms with Crippen molar-refractivity contribution in [1.29, 1.82) is 0 Å². The fourth-order valence-electron chi connectivity index (χ4n) is 2.96. The summed E-state index contributed by atoms with van der Waals surface area (Å²) in [6.45, 7) is 1.85. The van der Waals surface area contributed by atoms with E-state index in [-0.39, 0.29) is 11.2 Å². The molecule has 1 amide bonds. The first kappa shape index (κ1) is 18.1. The van der Waals surface area contributed by atoms with Gasteiger partial charge in [-0.3, -0.25) is 4.79 Å². The topological polar surface area (TPSA) is 85.8 Å². The summed E-state index contributed by atoms with van der Waals surface area (Å²) >= 11 is 7.49. The van der Waals surface area contributed by atoms with Gasteiger partial charge in [0.25, 0.3) is 0 Å². The maximum Gasteiger partial charge on any atom is 0.233 e. The number of hydrogen-bond acceptors (Lipinski definition) is 5. The maximum absolute atomic E-state index is 12.4. The number of nitrogen functional groups attached to an aromatic ring is 1. The molecule has 0 bridgehead atoms. The van der Waals surface area contributed by atoms with Gasteiger partial charge in [-0.2, -0.15) is 0 Å². The molecule has 2 aromatic rings. The van der Waals surface area contributed by atoms with E-state index in [9.17, 15) is 4.79 Å². The van der Waals surface area contributed by atoms with Gasteiger partial charge in [0.1, 0.15) is 0 Å². The third-order valence-corrected chi connectivity index (χ3v) is 5.77. The highest BCUT2D eigenvalue weighted by atomic mass is 35.5. The van der Waals surface area contributed by atoms with Gasteiger partial charge < -0.3 is 11.2 Å². The number of halogens is 1. The summed E-state index contributed by atoms with van der Waals surface area (Å²) in [6, 6.07) is 7.61. The van der Waals surface area contributed by atoms with Gasteiger partial charge in [0.05, 0.1) is 10.3 Å². The largest absolute Gasteiger partial charge is 0.352 e. The van der Waals surface area contributed by atoms with Gasteiger partial charge in [0.2, 0.25) is 11.1 Å². The van der Waals surface area contributed by atoms with Crippen LogP contribution in [-0.2, 0) is 4.79 Å². The second kappa shape index (κ2) is 8.10. The molecule has 0 radical (unpaired) electrons. The van der Waals surface area contributed by atoms with Crippen LogP contribution in [0.5, 0.6) is 0 Å². The zero-order valence-electron chi connectivity index (χ0n) is 14.1. The normalized spacial score (nSPS) is 16.6. The highest BCUT2D eigenvalue weighted by Gasteiger charge is 2.23. The lowest BCUT2D eigenvalue weighted by Gasteiger charge is -2.24. The van der Waals surface area contributed by atoms with Crippen molar-refractivity contribution >= 4 is 29.3 Å². The Hall–Kier alpha value is -1.73. The van der Waals surface area contributed by atoms with E-state index in [0.717, 1.165) is 12.8 Å². The number of nitrogens with one attached hydrogen (secondary N) is 1. The average molecular weight is 380 g/mol. The van der Waals surface area contributed by atoms with Crippen molar-refractivity contribution in [1.82, 2.24) is 20.2 Å². The third kappa shape index (κ3) is 4.27. The Balaban J connectivity index is 1.66. The average Bonchev–Trinajstić information content (AvgIpc) is 2.97. The second-order valence-electron chi connectivity index (χ2n) is 6.26. The summed E-state index contributed by atoms with van der Waals surface area (Å²) in [5.74, 6) is 6.61. The number of aromatic nitrogens is 3. The number of rotatable bonds is 5. The summed E-state index contributed by atoms with van der Waals surface area (Å²) in [7, 11) is 0. The second-order valence-corrected chi connectivity index (χ2v) is 7.97. The van der Waals surface area contributed by atoms with E-state index < -0.39 is 0 Å². The van der Waals surface area contributed by atoms with E-state index in [1.54, 1.807) is 6.07 Å². The first-order valence-corrected chi connectivity index (χ1v) is 9.74. The van der Waals surface area contributed by atoms with Crippen LogP contribution in [-0.4, -0.2) is 32.1 Å². The Kier molecular flexibility index (Phi) is 5.86. The van der Waals surface area contributed by atoms with Crippen molar-refractivity contribution in [3.05, 3.63) is 29.3 Å². The molecular weight excluding hydrogens is 358 g/mol. The van der Waals surface area contributed by atoms with Crippen LogP contribution in [0.3, 0.4) is 0 Å². The Morgan fingerprint density at radius 2 is 2.04 bits per heavy atom. The lowest BCUT2D eigenvalue weighted by molar-refractivity contribution is -0.121. The Morgan fingerprint density at radius 1 is 1.32 bits per heavy atom. The number of nitrogens with two attached hydrogens (primary N) is 1. The molecule has 134 valence electrons. The van der Waals surface area contributed by atoms with Crippen LogP contribution in [0.4, 0.5) is 0 Å². The first-order valence-electron chi connectivity index (χ1n) is 8.48. The quantitative estimate of drug-likeness (QED) is 0.615. The predicted molar refractivity (Wildman–Crippen MR) is 101 cm³/mol. The van der Waals surface area contributed by atoms with E-state index in [1.165, 1.54) is 35.7 Å². The molecule has 1 aliphatic rings. The number of carbonyl (C=O) groups excluding carboxylic acids is 1. The van der Waals surface area contributed by atoms with Crippen LogP contribution in [0.25, 0.3) is 11.4 Å². The highest BCUT2D eigenvalue weighted by molar-refractivity contribution is 8.00. The number of nitrogens with zero attached hydrogens (tertiary/aromatic N) is 3. The van der Waals surface area contributed by atoms with E-state index in [1.807, 2.05) is 25.1 Å². The minimum absolute atomic E-state index is 0.0131. The lowest BCUT2D eigenvalue weighted by Crippen LogP contribution is -2.40. The third-order valence-electron chi connectivity index (χ3n) is 4.38. The summed E-state index contributed by atoms with van der Waals surface area (Å²) in [5, 5.41) is 12.1. The molecule has 1 aromatic heterocycles. The van der Waals surface area contributed by atoms with Gasteiger partial charge in [-0.1, -0.05) is 54.8 Å². The van der Waals surface area contributed by atoms with E-state index in [2.05, 4.69) is 15.5 Å². The van der Waals surface area contributed by atoms with Crippen molar-refractivity contribution < 1.29 is 4.79 Å². The molecule has 3 rings (SSSR count). The van der Waals surface area contributed by atoms with Gasteiger partial charge in [-0.25, -0.2) is 4.68 Å². The first-order chi connectivity index (χ1) is 12.1.